The molecule has 100 valence electrons. The summed E-state index contributed by atoms with van der Waals surface area (Å²) in [6, 6.07) is 7.56. The molecule has 0 saturated carbocycles. The Labute approximate surface area is 108 Å². The van der Waals surface area contributed by atoms with Crippen LogP contribution >= 0.6 is 0 Å². The van der Waals surface area contributed by atoms with Crippen LogP contribution in [-0.2, 0) is 4.74 Å². The maximum atomic E-state index is 9.51. The van der Waals surface area contributed by atoms with Gasteiger partial charge in [0, 0.05) is 13.1 Å². The van der Waals surface area contributed by atoms with Gasteiger partial charge in [-0.05, 0) is 31.7 Å². The SMILES string of the molecule is C[C@H](O)c1cccc(OCC2CN(C)CCO2)c1. The quantitative estimate of drug-likeness (QED) is 0.879. The smallest absolute Gasteiger partial charge is 0.119 e. The summed E-state index contributed by atoms with van der Waals surface area (Å²) in [4.78, 5) is 2.24. The summed E-state index contributed by atoms with van der Waals surface area (Å²) in [6.45, 7) is 4.94. The van der Waals surface area contributed by atoms with Crippen molar-refractivity contribution in [2.75, 3.05) is 33.4 Å². The van der Waals surface area contributed by atoms with Crippen molar-refractivity contribution in [3.63, 3.8) is 0 Å². The first-order valence-corrected chi connectivity index (χ1v) is 6.36. The predicted molar refractivity (Wildman–Crippen MR) is 69.8 cm³/mol. The van der Waals surface area contributed by atoms with E-state index in [9.17, 15) is 5.11 Å². The lowest BCUT2D eigenvalue weighted by atomic mass is 10.1. The van der Waals surface area contributed by atoms with E-state index in [1.807, 2.05) is 24.3 Å². The molecule has 18 heavy (non-hydrogen) atoms. The molecular weight excluding hydrogens is 230 g/mol. The third kappa shape index (κ3) is 3.70. The summed E-state index contributed by atoms with van der Waals surface area (Å²) in [6.07, 6.45) is -0.343. The van der Waals surface area contributed by atoms with Gasteiger partial charge in [0.25, 0.3) is 0 Å². The van der Waals surface area contributed by atoms with Gasteiger partial charge in [-0.25, -0.2) is 0 Å². The molecule has 1 aliphatic heterocycles. The second-order valence-corrected chi connectivity index (χ2v) is 4.81. The van der Waals surface area contributed by atoms with Gasteiger partial charge in [0.2, 0.25) is 0 Å². The summed E-state index contributed by atoms with van der Waals surface area (Å²) in [5.74, 6) is 0.783. The van der Waals surface area contributed by atoms with E-state index >= 15 is 0 Å². The molecule has 0 spiro atoms. The summed E-state index contributed by atoms with van der Waals surface area (Å²) < 4.78 is 11.4. The van der Waals surface area contributed by atoms with E-state index in [1.54, 1.807) is 6.92 Å². The molecule has 2 rings (SSSR count). The Morgan fingerprint density at radius 3 is 3.11 bits per heavy atom. The first-order chi connectivity index (χ1) is 8.65. The fourth-order valence-electron chi connectivity index (χ4n) is 2.02. The summed E-state index contributed by atoms with van der Waals surface area (Å²) >= 11 is 0. The molecule has 1 aromatic rings. The van der Waals surface area contributed by atoms with Gasteiger partial charge in [-0.2, -0.15) is 0 Å². The molecule has 1 heterocycles. The van der Waals surface area contributed by atoms with Crippen LogP contribution in [0.3, 0.4) is 0 Å². The highest BCUT2D eigenvalue weighted by atomic mass is 16.5. The van der Waals surface area contributed by atoms with Crippen LogP contribution in [0.25, 0.3) is 0 Å². The van der Waals surface area contributed by atoms with Gasteiger partial charge in [0.1, 0.15) is 18.5 Å². The number of hydrogen-bond acceptors (Lipinski definition) is 4. The number of aliphatic hydroxyl groups is 1. The van der Waals surface area contributed by atoms with Crippen LogP contribution in [0.2, 0.25) is 0 Å². The van der Waals surface area contributed by atoms with E-state index < -0.39 is 6.10 Å². The van der Waals surface area contributed by atoms with Crippen LogP contribution in [-0.4, -0.2) is 49.5 Å². The molecule has 0 amide bonds. The third-order valence-electron chi connectivity index (χ3n) is 3.12. The predicted octanol–water partition coefficient (Wildman–Crippen LogP) is 1.45. The number of likely N-dealkylation sites (N-methyl/N-ethyl adjacent to an activating group) is 1. The minimum Gasteiger partial charge on any atom is -0.491 e. The average Bonchev–Trinajstić information content (AvgIpc) is 2.37. The van der Waals surface area contributed by atoms with Crippen molar-refractivity contribution in [1.82, 2.24) is 4.90 Å². The number of morpholine rings is 1. The van der Waals surface area contributed by atoms with E-state index in [0.29, 0.717) is 6.61 Å². The van der Waals surface area contributed by atoms with E-state index in [0.717, 1.165) is 31.0 Å². The first kappa shape index (κ1) is 13.3. The lowest BCUT2D eigenvalue weighted by Gasteiger charge is -2.29. The van der Waals surface area contributed by atoms with Crippen molar-refractivity contribution < 1.29 is 14.6 Å². The van der Waals surface area contributed by atoms with Crippen molar-refractivity contribution >= 4 is 0 Å². The monoisotopic (exact) mass is 251 g/mol. The lowest BCUT2D eigenvalue weighted by molar-refractivity contribution is -0.0403. The van der Waals surface area contributed by atoms with Gasteiger partial charge in [0.05, 0.1) is 12.7 Å². The number of ether oxygens (including phenoxy) is 2. The molecule has 1 unspecified atom stereocenters. The van der Waals surface area contributed by atoms with E-state index in [1.165, 1.54) is 0 Å². The minimum atomic E-state index is -0.467. The minimum absolute atomic E-state index is 0.124. The second-order valence-electron chi connectivity index (χ2n) is 4.81. The van der Waals surface area contributed by atoms with Gasteiger partial charge in [-0.1, -0.05) is 12.1 Å². The third-order valence-corrected chi connectivity index (χ3v) is 3.12. The zero-order valence-electron chi connectivity index (χ0n) is 11.0. The fraction of sp³-hybridized carbons (Fsp3) is 0.571. The van der Waals surface area contributed by atoms with Gasteiger partial charge in [-0.3, -0.25) is 0 Å². The molecule has 0 aromatic heterocycles. The maximum Gasteiger partial charge on any atom is 0.119 e. The Bertz CT molecular complexity index is 381. The standard InChI is InChI=1S/C14H21NO3/c1-11(16)12-4-3-5-13(8-12)18-10-14-9-15(2)6-7-17-14/h3-5,8,11,14,16H,6-7,9-10H2,1-2H3/t11-,14?/m0/s1. The lowest BCUT2D eigenvalue weighted by Crippen LogP contribution is -2.42. The van der Waals surface area contributed by atoms with Gasteiger partial charge in [-0.15, -0.1) is 0 Å². The molecule has 0 radical (unpaired) electrons. The van der Waals surface area contributed by atoms with Crippen molar-refractivity contribution in [1.29, 1.82) is 0 Å². The highest BCUT2D eigenvalue weighted by Crippen LogP contribution is 2.19. The Morgan fingerprint density at radius 1 is 1.56 bits per heavy atom. The van der Waals surface area contributed by atoms with Crippen LogP contribution in [0.5, 0.6) is 5.75 Å². The second kappa shape index (κ2) is 6.18. The number of hydrogen-bond donors (Lipinski definition) is 1. The van der Waals surface area contributed by atoms with Crippen LogP contribution in [0.4, 0.5) is 0 Å². The zero-order chi connectivity index (χ0) is 13.0. The zero-order valence-corrected chi connectivity index (χ0v) is 11.0. The summed E-state index contributed by atoms with van der Waals surface area (Å²) in [5, 5.41) is 9.51. The van der Waals surface area contributed by atoms with Crippen LogP contribution in [0.1, 0.15) is 18.6 Å². The molecule has 1 fully saturated rings. The van der Waals surface area contributed by atoms with E-state index in [4.69, 9.17) is 9.47 Å². The number of nitrogens with zero attached hydrogens (tertiary/aromatic N) is 1. The number of aliphatic hydroxyl groups excluding tert-OH is 1. The van der Waals surface area contributed by atoms with Crippen molar-refractivity contribution in [2.45, 2.75) is 19.1 Å². The number of benzene rings is 1. The first-order valence-electron chi connectivity index (χ1n) is 6.36. The molecule has 0 bridgehead atoms. The molecule has 0 aliphatic carbocycles. The Balaban J connectivity index is 1.87. The molecular formula is C14H21NO3. The van der Waals surface area contributed by atoms with Crippen LogP contribution in [0, 0.1) is 0 Å². The van der Waals surface area contributed by atoms with E-state index in [-0.39, 0.29) is 6.10 Å². The Hall–Kier alpha value is -1.10. The van der Waals surface area contributed by atoms with Crippen molar-refractivity contribution in [3.8, 4) is 5.75 Å². The van der Waals surface area contributed by atoms with Gasteiger partial charge in [0.15, 0.2) is 0 Å². The Morgan fingerprint density at radius 2 is 2.39 bits per heavy atom. The number of rotatable bonds is 4. The van der Waals surface area contributed by atoms with Crippen LogP contribution in [0.15, 0.2) is 24.3 Å². The van der Waals surface area contributed by atoms with Crippen LogP contribution < -0.4 is 4.74 Å². The van der Waals surface area contributed by atoms with Crippen molar-refractivity contribution in [2.24, 2.45) is 0 Å². The maximum absolute atomic E-state index is 9.51. The molecule has 1 saturated heterocycles. The Kier molecular flexibility index (Phi) is 4.58. The van der Waals surface area contributed by atoms with E-state index in [2.05, 4.69) is 11.9 Å². The normalized spacial score (nSPS) is 22.7. The average molecular weight is 251 g/mol. The molecule has 4 heteroatoms. The largest absolute Gasteiger partial charge is 0.491 e. The van der Waals surface area contributed by atoms with Crippen molar-refractivity contribution in [3.05, 3.63) is 29.8 Å². The summed E-state index contributed by atoms with van der Waals surface area (Å²) in [7, 11) is 2.09. The summed E-state index contributed by atoms with van der Waals surface area (Å²) in [5.41, 5.74) is 0.870. The van der Waals surface area contributed by atoms with Gasteiger partial charge >= 0.3 is 0 Å². The van der Waals surface area contributed by atoms with Gasteiger partial charge < -0.3 is 19.5 Å². The molecule has 1 N–H and O–H groups in total. The molecule has 1 aliphatic rings. The molecule has 4 nitrogen and oxygen atoms in total. The highest BCUT2D eigenvalue weighted by Gasteiger charge is 2.18. The highest BCUT2D eigenvalue weighted by molar-refractivity contribution is 5.29. The fourth-order valence-corrected chi connectivity index (χ4v) is 2.02. The molecule has 2 atom stereocenters. The molecule has 1 aromatic carbocycles. The topological polar surface area (TPSA) is 41.9 Å².